The van der Waals surface area contributed by atoms with Gasteiger partial charge in [-0.25, -0.2) is 0 Å². The second kappa shape index (κ2) is 6.60. The summed E-state index contributed by atoms with van der Waals surface area (Å²) in [4.78, 5) is 11.3. The fourth-order valence-corrected chi connectivity index (χ4v) is 2.60. The summed E-state index contributed by atoms with van der Waals surface area (Å²) in [5.41, 5.74) is -0.659. The highest BCUT2D eigenvalue weighted by Gasteiger charge is 2.32. The Morgan fingerprint density at radius 3 is 2.62 bits per heavy atom. The standard InChI is InChI=1S/C12H22BrNO2/c1-2-10-3-6-12(16,7-4-10)9-14-11(15)5-8-13/h10,16H,2-9H2,1H3,(H,14,15). The fourth-order valence-electron chi connectivity index (χ4n) is 2.24. The van der Waals surface area contributed by atoms with Gasteiger partial charge in [-0.05, 0) is 31.6 Å². The molecule has 0 aliphatic heterocycles. The van der Waals surface area contributed by atoms with Gasteiger partial charge in [-0.15, -0.1) is 0 Å². The predicted molar refractivity (Wildman–Crippen MR) is 68.6 cm³/mol. The summed E-state index contributed by atoms with van der Waals surface area (Å²) in [7, 11) is 0. The zero-order chi connectivity index (χ0) is 12.0. The summed E-state index contributed by atoms with van der Waals surface area (Å²) in [6, 6.07) is 0. The van der Waals surface area contributed by atoms with Crippen molar-refractivity contribution in [3.05, 3.63) is 0 Å². The van der Waals surface area contributed by atoms with Gasteiger partial charge in [-0.2, -0.15) is 0 Å². The lowest BCUT2D eigenvalue weighted by molar-refractivity contribution is -0.122. The average molecular weight is 292 g/mol. The highest BCUT2D eigenvalue weighted by Crippen LogP contribution is 2.33. The van der Waals surface area contributed by atoms with E-state index in [1.165, 1.54) is 6.42 Å². The Bertz CT molecular complexity index is 225. The number of amides is 1. The second-order valence-electron chi connectivity index (χ2n) is 4.79. The number of alkyl halides is 1. The third-order valence-electron chi connectivity index (χ3n) is 3.55. The maximum absolute atomic E-state index is 11.3. The second-order valence-corrected chi connectivity index (χ2v) is 5.58. The largest absolute Gasteiger partial charge is 0.388 e. The van der Waals surface area contributed by atoms with E-state index in [0.29, 0.717) is 18.3 Å². The van der Waals surface area contributed by atoms with E-state index in [9.17, 15) is 9.90 Å². The van der Waals surface area contributed by atoms with Crippen LogP contribution in [-0.4, -0.2) is 28.5 Å². The molecule has 0 heterocycles. The van der Waals surface area contributed by atoms with E-state index in [-0.39, 0.29) is 5.91 Å². The Labute approximate surface area is 106 Å². The maximum Gasteiger partial charge on any atom is 0.220 e. The Balaban J connectivity index is 2.28. The van der Waals surface area contributed by atoms with Crippen molar-refractivity contribution in [3.8, 4) is 0 Å². The van der Waals surface area contributed by atoms with Crippen LogP contribution in [0, 0.1) is 5.92 Å². The van der Waals surface area contributed by atoms with Gasteiger partial charge in [0.05, 0.1) is 5.60 Å². The summed E-state index contributed by atoms with van der Waals surface area (Å²) in [5, 5.41) is 13.8. The quantitative estimate of drug-likeness (QED) is 0.763. The van der Waals surface area contributed by atoms with Gasteiger partial charge in [0.25, 0.3) is 0 Å². The van der Waals surface area contributed by atoms with E-state index in [1.807, 2.05) is 0 Å². The zero-order valence-electron chi connectivity index (χ0n) is 9.97. The van der Waals surface area contributed by atoms with Gasteiger partial charge in [-0.3, -0.25) is 4.79 Å². The van der Waals surface area contributed by atoms with Crippen molar-refractivity contribution in [2.24, 2.45) is 5.92 Å². The zero-order valence-corrected chi connectivity index (χ0v) is 11.6. The number of halogens is 1. The molecule has 1 amide bonds. The normalized spacial score (nSPS) is 30.1. The minimum absolute atomic E-state index is 0.0166. The lowest BCUT2D eigenvalue weighted by atomic mass is 9.78. The summed E-state index contributed by atoms with van der Waals surface area (Å²) in [6.45, 7) is 2.61. The molecular weight excluding hydrogens is 270 g/mol. The van der Waals surface area contributed by atoms with Crippen LogP contribution in [0.15, 0.2) is 0 Å². The first-order valence-corrected chi connectivity index (χ1v) is 7.27. The lowest BCUT2D eigenvalue weighted by Gasteiger charge is -2.35. The fraction of sp³-hybridized carbons (Fsp3) is 0.917. The molecule has 1 saturated carbocycles. The molecule has 0 bridgehead atoms. The molecule has 0 spiro atoms. The monoisotopic (exact) mass is 291 g/mol. The molecule has 4 heteroatoms. The molecule has 94 valence electrons. The number of hydrogen-bond acceptors (Lipinski definition) is 2. The molecule has 1 aliphatic rings. The molecule has 0 saturated heterocycles. The van der Waals surface area contributed by atoms with Crippen LogP contribution >= 0.6 is 15.9 Å². The number of aliphatic hydroxyl groups is 1. The molecule has 0 aromatic rings. The van der Waals surface area contributed by atoms with Crippen molar-refractivity contribution in [1.29, 1.82) is 0 Å². The molecule has 0 aromatic heterocycles. The molecule has 2 N–H and O–H groups in total. The first-order valence-electron chi connectivity index (χ1n) is 6.14. The van der Waals surface area contributed by atoms with Crippen LogP contribution in [0.25, 0.3) is 0 Å². The van der Waals surface area contributed by atoms with Crippen LogP contribution in [0.4, 0.5) is 0 Å². The molecule has 3 nitrogen and oxygen atoms in total. The summed E-state index contributed by atoms with van der Waals surface area (Å²) in [5.74, 6) is 0.779. The Morgan fingerprint density at radius 2 is 2.12 bits per heavy atom. The van der Waals surface area contributed by atoms with Crippen LogP contribution in [0.3, 0.4) is 0 Å². The van der Waals surface area contributed by atoms with Crippen LogP contribution in [0.1, 0.15) is 45.4 Å². The summed E-state index contributed by atoms with van der Waals surface area (Å²) in [6.07, 6.45) is 5.49. The first-order chi connectivity index (χ1) is 7.59. The topological polar surface area (TPSA) is 49.3 Å². The summed E-state index contributed by atoms with van der Waals surface area (Å²) >= 11 is 3.22. The van der Waals surface area contributed by atoms with Gasteiger partial charge in [-0.1, -0.05) is 29.3 Å². The van der Waals surface area contributed by atoms with Gasteiger partial charge < -0.3 is 10.4 Å². The van der Waals surface area contributed by atoms with E-state index < -0.39 is 5.60 Å². The Morgan fingerprint density at radius 1 is 1.50 bits per heavy atom. The van der Waals surface area contributed by atoms with E-state index in [2.05, 4.69) is 28.2 Å². The van der Waals surface area contributed by atoms with Crippen molar-refractivity contribution < 1.29 is 9.90 Å². The minimum atomic E-state index is -0.659. The SMILES string of the molecule is CCC1CCC(O)(CNC(=O)CCBr)CC1. The van der Waals surface area contributed by atoms with Crippen molar-refractivity contribution >= 4 is 21.8 Å². The van der Waals surface area contributed by atoms with Crippen molar-refractivity contribution in [3.63, 3.8) is 0 Å². The Hall–Kier alpha value is -0.0900. The van der Waals surface area contributed by atoms with Gasteiger partial charge in [0, 0.05) is 18.3 Å². The summed E-state index contributed by atoms with van der Waals surface area (Å²) < 4.78 is 0. The number of nitrogens with one attached hydrogen (secondary N) is 1. The van der Waals surface area contributed by atoms with E-state index >= 15 is 0 Å². The van der Waals surface area contributed by atoms with Crippen LogP contribution in [0.5, 0.6) is 0 Å². The first kappa shape index (κ1) is 14.0. The molecule has 0 atom stereocenters. The highest BCUT2D eigenvalue weighted by atomic mass is 79.9. The van der Waals surface area contributed by atoms with Crippen molar-refractivity contribution in [1.82, 2.24) is 5.32 Å². The van der Waals surface area contributed by atoms with E-state index in [1.54, 1.807) is 0 Å². The molecule has 0 unspecified atom stereocenters. The van der Waals surface area contributed by atoms with Crippen LogP contribution in [0.2, 0.25) is 0 Å². The lowest BCUT2D eigenvalue weighted by Crippen LogP contribution is -2.45. The molecular formula is C12H22BrNO2. The van der Waals surface area contributed by atoms with Crippen molar-refractivity contribution in [2.75, 3.05) is 11.9 Å². The van der Waals surface area contributed by atoms with Crippen LogP contribution < -0.4 is 5.32 Å². The molecule has 1 rings (SSSR count). The number of carbonyl (C=O) groups is 1. The van der Waals surface area contributed by atoms with E-state index in [4.69, 9.17) is 0 Å². The maximum atomic E-state index is 11.3. The molecule has 0 aromatic carbocycles. The number of carbonyl (C=O) groups excluding carboxylic acids is 1. The highest BCUT2D eigenvalue weighted by molar-refractivity contribution is 9.09. The van der Waals surface area contributed by atoms with Gasteiger partial charge in [0.2, 0.25) is 5.91 Å². The third kappa shape index (κ3) is 4.42. The van der Waals surface area contributed by atoms with E-state index in [0.717, 1.165) is 31.6 Å². The third-order valence-corrected chi connectivity index (χ3v) is 3.95. The van der Waals surface area contributed by atoms with Crippen LogP contribution in [-0.2, 0) is 4.79 Å². The minimum Gasteiger partial charge on any atom is -0.388 e. The average Bonchev–Trinajstić information content (AvgIpc) is 2.28. The molecule has 0 radical (unpaired) electrons. The van der Waals surface area contributed by atoms with Gasteiger partial charge >= 0.3 is 0 Å². The molecule has 1 fully saturated rings. The Kier molecular flexibility index (Phi) is 5.76. The van der Waals surface area contributed by atoms with Gasteiger partial charge in [0.1, 0.15) is 0 Å². The molecule has 1 aliphatic carbocycles. The van der Waals surface area contributed by atoms with Gasteiger partial charge in [0.15, 0.2) is 0 Å². The molecule has 16 heavy (non-hydrogen) atoms. The smallest absolute Gasteiger partial charge is 0.220 e. The van der Waals surface area contributed by atoms with Crippen molar-refractivity contribution in [2.45, 2.75) is 51.0 Å². The number of rotatable bonds is 5. The number of hydrogen-bond donors (Lipinski definition) is 2. The predicted octanol–water partition coefficient (Wildman–Crippen LogP) is 2.22.